The van der Waals surface area contributed by atoms with Gasteiger partial charge in [0.05, 0.1) is 0 Å². The van der Waals surface area contributed by atoms with Gasteiger partial charge >= 0.3 is 0 Å². The maximum atomic E-state index is 3.65. The fourth-order valence-corrected chi connectivity index (χ4v) is 2.90. The highest BCUT2D eigenvalue weighted by molar-refractivity contribution is 5.28. The number of rotatable bonds is 3. The molecule has 2 heteroatoms. The first kappa shape index (κ1) is 13.6. The van der Waals surface area contributed by atoms with Gasteiger partial charge in [-0.3, -0.25) is 4.90 Å². The molecule has 0 bridgehead atoms. The van der Waals surface area contributed by atoms with E-state index in [4.69, 9.17) is 0 Å². The van der Waals surface area contributed by atoms with E-state index >= 15 is 0 Å². The third-order valence-corrected chi connectivity index (χ3v) is 4.47. The number of hydrogen-bond donors (Lipinski definition) is 1. The van der Waals surface area contributed by atoms with Crippen LogP contribution in [0.2, 0.25) is 0 Å². The molecule has 2 unspecified atom stereocenters. The number of piperazine rings is 1. The standard InChI is InChI=1S/C16H26N2/c1-5-16(4)12-18(11-10-17-16)14(3)15-9-7-6-8-13(15)2/h6-9,14,17H,5,10-12H2,1-4H3. The smallest absolute Gasteiger partial charge is 0.0323 e. The average molecular weight is 246 g/mol. The number of benzene rings is 1. The summed E-state index contributed by atoms with van der Waals surface area (Å²) in [5.41, 5.74) is 3.15. The number of aryl methyl sites for hydroxylation is 1. The zero-order valence-electron chi connectivity index (χ0n) is 12.2. The van der Waals surface area contributed by atoms with Crippen LogP contribution in [-0.2, 0) is 0 Å². The van der Waals surface area contributed by atoms with Gasteiger partial charge in [0.15, 0.2) is 0 Å². The summed E-state index contributed by atoms with van der Waals surface area (Å²) in [5, 5.41) is 3.65. The van der Waals surface area contributed by atoms with Crippen molar-refractivity contribution < 1.29 is 0 Å². The lowest BCUT2D eigenvalue weighted by atomic mass is 9.93. The van der Waals surface area contributed by atoms with Crippen LogP contribution in [0.3, 0.4) is 0 Å². The highest BCUT2D eigenvalue weighted by atomic mass is 15.2. The summed E-state index contributed by atoms with van der Waals surface area (Å²) in [5.74, 6) is 0. The number of hydrogen-bond acceptors (Lipinski definition) is 2. The van der Waals surface area contributed by atoms with E-state index in [0.29, 0.717) is 6.04 Å². The van der Waals surface area contributed by atoms with Gasteiger partial charge in [-0.25, -0.2) is 0 Å². The van der Waals surface area contributed by atoms with E-state index < -0.39 is 0 Å². The lowest BCUT2D eigenvalue weighted by Crippen LogP contribution is -2.58. The second-order valence-corrected chi connectivity index (χ2v) is 5.84. The summed E-state index contributed by atoms with van der Waals surface area (Å²) in [6.07, 6.45) is 1.18. The molecule has 2 nitrogen and oxygen atoms in total. The van der Waals surface area contributed by atoms with E-state index in [2.05, 4.69) is 62.2 Å². The molecule has 1 aromatic rings. The molecule has 0 saturated carbocycles. The van der Waals surface area contributed by atoms with E-state index in [1.807, 2.05) is 0 Å². The molecule has 0 spiro atoms. The summed E-state index contributed by atoms with van der Waals surface area (Å²) in [7, 11) is 0. The molecule has 1 aliphatic rings. The van der Waals surface area contributed by atoms with Crippen molar-refractivity contribution in [1.29, 1.82) is 0 Å². The third kappa shape index (κ3) is 2.76. The summed E-state index contributed by atoms with van der Waals surface area (Å²) < 4.78 is 0. The van der Waals surface area contributed by atoms with Crippen LogP contribution in [0.25, 0.3) is 0 Å². The van der Waals surface area contributed by atoms with Crippen molar-refractivity contribution in [3.8, 4) is 0 Å². The molecule has 1 aliphatic heterocycles. The summed E-state index contributed by atoms with van der Waals surface area (Å²) in [6, 6.07) is 9.27. The maximum Gasteiger partial charge on any atom is 0.0323 e. The monoisotopic (exact) mass is 246 g/mol. The highest BCUT2D eigenvalue weighted by Crippen LogP contribution is 2.27. The van der Waals surface area contributed by atoms with Gasteiger partial charge in [-0.15, -0.1) is 0 Å². The van der Waals surface area contributed by atoms with Gasteiger partial charge in [0.2, 0.25) is 0 Å². The van der Waals surface area contributed by atoms with E-state index in [1.165, 1.54) is 17.5 Å². The number of nitrogens with one attached hydrogen (secondary N) is 1. The normalized spacial score (nSPS) is 27.1. The second-order valence-electron chi connectivity index (χ2n) is 5.84. The Morgan fingerprint density at radius 2 is 2.11 bits per heavy atom. The van der Waals surface area contributed by atoms with E-state index in [9.17, 15) is 0 Å². The number of nitrogens with zero attached hydrogens (tertiary/aromatic N) is 1. The molecule has 1 aromatic carbocycles. The molecule has 1 heterocycles. The van der Waals surface area contributed by atoms with Crippen molar-refractivity contribution in [1.82, 2.24) is 10.2 Å². The van der Waals surface area contributed by atoms with Gasteiger partial charge in [0.25, 0.3) is 0 Å². The van der Waals surface area contributed by atoms with Crippen molar-refractivity contribution in [3.05, 3.63) is 35.4 Å². The molecule has 0 aliphatic carbocycles. The van der Waals surface area contributed by atoms with Crippen molar-refractivity contribution >= 4 is 0 Å². The molecular formula is C16H26N2. The van der Waals surface area contributed by atoms with Crippen LogP contribution in [0.1, 0.15) is 44.4 Å². The Morgan fingerprint density at radius 3 is 2.78 bits per heavy atom. The molecule has 1 fully saturated rings. The summed E-state index contributed by atoms with van der Waals surface area (Å²) in [6.45, 7) is 12.5. The van der Waals surface area contributed by atoms with Gasteiger partial charge in [0, 0.05) is 31.2 Å². The predicted octanol–water partition coefficient (Wildman–Crippen LogP) is 3.13. The SMILES string of the molecule is CCC1(C)CN(C(C)c2ccccc2C)CCN1. The van der Waals surface area contributed by atoms with Crippen LogP contribution in [0.4, 0.5) is 0 Å². The maximum absolute atomic E-state index is 3.65. The largest absolute Gasteiger partial charge is 0.309 e. The molecule has 2 atom stereocenters. The first-order valence-corrected chi connectivity index (χ1v) is 7.10. The Labute approximate surface area is 111 Å². The quantitative estimate of drug-likeness (QED) is 0.881. The summed E-state index contributed by atoms with van der Waals surface area (Å²) >= 11 is 0. The lowest BCUT2D eigenvalue weighted by molar-refractivity contribution is 0.104. The fourth-order valence-electron chi connectivity index (χ4n) is 2.90. The van der Waals surface area contributed by atoms with E-state index in [1.54, 1.807) is 0 Å². The summed E-state index contributed by atoms with van der Waals surface area (Å²) in [4.78, 5) is 2.61. The van der Waals surface area contributed by atoms with Crippen LogP contribution in [0.15, 0.2) is 24.3 Å². The Bertz CT molecular complexity index is 402. The van der Waals surface area contributed by atoms with E-state index in [-0.39, 0.29) is 5.54 Å². The van der Waals surface area contributed by atoms with Crippen LogP contribution >= 0.6 is 0 Å². The fraction of sp³-hybridized carbons (Fsp3) is 0.625. The highest BCUT2D eigenvalue weighted by Gasteiger charge is 2.31. The minimum atomic E-state index is 0.273. The molecule has 0 aromatic heterocycles. The average Bonchev–Trinajstić information content (AvgIpc) is 2.39. The van der Waals surface area contributed by atoms with Crippen LogP contribution in [0, 0.1) is 6.92 Å². The van der Waals surface area contributed by atoms with E-state index in [0.717, 1.165) is 19.6 Å². The van der Waals surface area contributed by atoms with Gasteiger partial charge in [-0.1, -0.05) is 31.2 Å². The van der Waals surface area contributed by atoms with Gasteiger partial charge in [-0.2, -0.15) is 0 Å². The van der Waals surface area contributed by atoms with Crippen LogP contribution in [0.5, 0.6) is 0 Å². The molecule has 18 heavy (non-hydrogen) atoms. The zero-order chi connectivity index (χ0) is 13.2. The lowest BCUT2D eigenvalue weighted by Gasteiger charge is -2.44. The minimum absolute atomic E-state index is 0.273. The second kappa shape index (κ2) is 5.41. The van der Waals surface area contributed by atoms with Crippen LogP contribution < -0.4 is 5.32 Å². The van der Waals surface area contributed by atoms with Crippen LogP contribution in [-0.4, -0.2) is 30.1 Å². The Balaban J connectivity index is 2.14. The molecule has 2 rings (SSSR count). The first-order chi connectivity index (χ1) is 8.56. The molecule has 0 radical (unpaired) electrons. The van der Waals surface area contributed by atoms with Crippen molar-refractivity contribution in [2.24, 2.45) is 0 Å². The predicted molar refractivity (Wildman–Crippen MR) is 77.9 cm³/mol. The topological polar surface area (TPSA) is 15.3 Å². The molecule has 0 amide bonds. The molecule has 1 saturated heterocycles. The first-order valence-electron chi connectivity index (χ1n) is 7.10. The molecule has 1 N–H and O–H groups in total. The van der Waals surface area contributed by atoms with Crippen molar-refractivity contribution in [3.63, 3.8) is 0 Å². The third-order valence-electron chi connectivity index (χ3n) is 4.47. The van der Waals surface area contributed by atoms with Crippen molar-refractivity contribution in [2.45, 2.75) is 45.7 Å². The van der Waals surface area contributed by atoms with Gasteiger partial charge in [-0.05, 0) is 38.3 Å². The minimum Gasteiger partial charge on any atom is -0.309 e. The van der Waals surface area contributed by atoms with Gasteiger partial charge in [0.1, 0.15) is 0 Å². The molecule has 100 valence electrons. The Kier molecular flexibility index (Phi) is 4.08. The Morgan fingerprint density at radius 1 is 1.39 bits per heavy atom. The Hall–Kier alpha value is -0.860. The molecular weight excluding hydrogens is 220 g/mol. The zero-order valence-corrected chi connectivity index (χ0v) is 12.2. The van der Waals surface area contributed by atoms with Crippen molar-refractivity contribution in [2.75, 3.05) is 19.6 Å². The van der Waals surface area contributed by atoms with Gasteiger partial charge < -0.3 is 5.32 Å².